The second-order valence-corrected chi connectivity index (χ2v) is 6.89. The fourth-order valence-corrected chi connectivity index (χ4v) is 3.15. The van der Waals surface area contributed by atoms with Crippen LogP contribution in [-0.2, 0) is 18.9 Å². The van der Waals surface area contributed by atoms with Gasteiger partial charge in [0.25, 0.3) is 0 Å². The van der Waals surface area contributed by atoms with Crippen molar-refractivity contribution in [3.63, 3.8) is 0 Å². The summed E-state index contributed by atoms with van der Waals surface area (Å²) in [6, 6.07) is 10.8. The van der Waals surface area contributed by atoms with Crippen LogP contribution in [0.4, 0.5) is 0 Å². The van der Waals surface area contributed by atoms with Gasteiger partial charge >= 0.3 is 0 Å². The molecule has 1 saturated carbocycles. The highest BCUT2D eigenvalue weighted by atomic mass is 127. The molecule has 1 aromatic heterocycles. The molecule has 1 aliphatic rings. The molecule has 0 aliphatic heterocycles. The summed E-state index contributed by atoms with van der Waals surface area (Å²) in [6.07, 6.45) is 8.60. The van der Waals surface area contributed by atoms with Crippen molar-refractivity contribution in [3.05, 3.63) is 53.9 Å². The summed E-state index contributed by atoms with van der Waals surface area (Å²) >= 11 is 0. The first kappa shape index (κ1) is 20.7. The maximum absolute atomic E-state index is 4.85. The summed E-state index contributed by atoms with van der Waals surface area (Å²) in [7, 11) is 1.96. The molecule has 0 radical (unpaired) electrons. The first-order chi connectivity index (χ1) is 12.2. The van der Waals surface area contributed by atoms with Crippen LogP contribution >= 0.6 is 24.0 Å². The van der Waals surface area contributed by atoms with Gasteiger partial charge in [-0.3, -0.25) is 9.67 Å². The zero-order valence-electron chi connectivity index (χ0n) is 15.7. The lowest BCUT2D eigenvalue weighted by Crippen LogP contribution is -2.38. The van der Waals surface area contributed by atoms with Crippen LogP contribution in [0.25, 0.3) is 0 Å². The van der Waals surface area contributed by atoms with E-state index in [2.05, 4.69) is 59.2 Å². The molecular weight excluding hydrogens is 437 g/mol. The van der Waals surface area contributed by atoms with Crippen LogP contribution in [0.1, 0.15) is 37.3 Å². The fraction of sp³-hybridized carbons (Fsp3) is 0.500. The molecule has 0 atom stereocenters. The Morgan fingerprint density at radius 1 is 1.23 bits per heavy atom. The number of aliphatic imine (C=N–C) groups is 1. The first-order valence-electron chi connectivity index (χ1n) is 9.27. The van der Waals surface area contributed by atoms with Crippen molar-refractivity contribution in [3.8, 4) is 0 Å². The van der Waals surface area contributed by atoms with Gasteiger partial charge < -0.3 is 10.6 Å². The van der Waals surface area contributed by atoms with Gasteiger partial charge in [0.15, 0.2) is 5.96 Å². The minimum atomic E-state index is 0. The predicted octanol–water partition coefficient (Wildman–Crippen LogP) is 3.26. The summed E-state index contributed by atoms with van der Waals surface area (Å²) in [5.74, 6) is 0.927. The van der Waals surface area contributed by atoms with E-state index in [1.807, 2.05) is 17.9 Å². The van der Waals surface area contributed by atoms with Crippen molar-refractivity contribution in [1.29, 1.82) is 0 Å². The normalized spacial score (nSPS) is 15.2. The molecule has 0 bridgehead atoms. The van der Waals surface area contributed by atoms with Crippen LogP contribution in [-0.4, -0.2) is 35.4 Å². The third-order valence-corrected chi connectivity index (χ3v) is 4.82. The van der Waals surface area contributed by atoms with Crippen LogP contribution in [0, 0.1) is 0 Å². The Hall–Kier alpha value is -1.57. The van der Waals surface area contributed by atoms with Gasteiger partial charge in [0, 0.05) is 31.7 Å². The smallest absolute Gasteiger partial charge is 0.191 e. The number of benzene rings is 1. The molecule has 1 heterocycles. The van der Waals surface area contributed by atoms with Crippen molar-refractivity contribution in [2.75, 3.05) is 19.6 Å². The van der Waals surface area contributed by atoms with E-state index in [0.29, 0.717) is 0 Å². The Morgan fingerprint density at radius 3 is 2.62 bits per heavy atom. The monoisotopic (exact) mass is 467 g/mol. The summed E-state index contributed by atoms with van der Waals surface area (Å²) in [5.41, 5.74) is 2.97. The number of nitrogens with zero attached hydrogens (tertiary/aromatic N) is 3. The molecule has 1 aromatic carbocycles. The van der Waals surface area contributed by atoms with Gasteiger partial charge in [-0.2, -0.15) is 5.10 Å². The molecule has 142 valence electrons. The van der Waals surface area contributed by atoms with Crippen molar-refractivity contribution >= 4 is 29.9 Å². The van der Waals surface area contributed by atoms with Gasteiger partial charge in [-0.15, -0.1) is 24.0 Å². The highest BCUT2D eigenvalue weighted by Crippen LogP contribution is 2.48. The number of aromatic nitrogens is 2. The van der Waals surface area contributed by atoms with Crippen molar-refractivity contribution in [2.45, 2.75) is 38.0 Å². The zero-order chi connectivity index (χ0) is 17.5. The Morgan fingerprint density at radius 2 is 2.00 bits per heavy atom. The number of rotatable bonds is 8. The lowest BCUT2D eigenvalue weighted by molar-refractivity contribution is 0.686. The Labute approximate surface area is 173 Å². The second-order valence-electron chi connectivity index (χ2n) is 6.89. The summed E-state index contributed by atoms with van der Waals surface area (Å²) in [5, 5.41) is 11.0. The second kappa shape index (κ2) is 9.94. The Bertz CT molecular complexity index is 691. The third kappa shape index (κ3) is 5.72. The number of hydrogen-bond acceptors (Lipinski definition) is 2. The van der Waals surface area contributed by atoms with Gasteiger partial charge in [0.1, 0.15) is 0 Å². The Balaban J connectivity index is 0.00000243. The molecule has 2 N–H and O–H groups in total. The number of aryl methyl sites for hydroxylation is 2. The first-order valence-corrected chi connectivity index (χ1v) is 9.27. The lowest BCUT2D eigenvalue weighted by Gasteiger charge is -2.16. The summed E-state index contributed by atoms with van der Waals surface area (Å²) in [6.45, 7) is 4.76. The number of guanidine groups is 1. The molecule has 0 saturated heterocycles. The van der Waals surface area contributed by atoms with E-state index in [0.717, 1.165) is 38.4 Å². The van der Waals surface area contributed by atoms with Crippen LogP contribution in [0.2, 0.25) is 0 Å². The average molecular weight is 467 g/mol. The molecule has 0 amide bonds. The van der Waals surface area contributed by atoms with Gasteiger partial charge in [-0.25, -0.2) is 0 Å². The van der Waals surface area contributed by atoms with Gasteiger partial charge in [0.2, 0.25) is 0 Å². The zero-order valence-corrected chi connectivity index (χ0v) is 18.1. The van der Waals surface area contributed by atoms with Gasteiger partial charge in [-0.05, 0) is 43.7 Å². The molecule has 0 unspecified atom stereocenters. The molecule has 1 fully saturated rings. The van der Waals surface area contributed by atoms with Crippen LogP contribution in [0.3, 0.4) is 0 Å². The molecule has 26 heavy (non-hydrogen) atoms. The molecule has 1 aliphatic carbocycles. The summed E-state index contributed by atoms with van der Waals surface area (Å²) < 4.78 is 1.85. The maximum Gasteiger partial charge on any atom is 0.191 e. The molecular formula is C20H30IN5. The van der Waals surface area contributed by atoms with E-state index in [-0.39, 0.29) is 29.4 Å². The quantitative estimate of drug-likeness (QED) is 0.271. The van der Waals surface area contributed by atoms with E-state index >= 15 is 0 Å². The summed E-state index contributed by atoms with van der Waals surface area (Å²) in [4.78, 5) is 4.85. The molecule has 0 spiro atoms. The van der Waals surface area contributed by atoms with E-state index in [1.54, 1.807) is 0 Å². The fourth-order valence-electron chi connectivity index (χ4n) is 3.15. The van der Waals surface area contributed by atoms with E-state index in [4.69, 9.17) is 4.99 Å². The van der Waals surface area contributed by atoms with Crippen LogP contribution in [0.5, 0.6) is 0 Å². The largest absolute Gasteiger partial charge is 0.357 e. The highest BCUT2D eigenvalue weighted by Gasteiger charge is 2.43. The van der Waals surface area contributed by atoms with E-state index in [9.17, 15) is 0 Å². The minimum Gasteiger partial charge on any atom is -0.357 e. The van der Waals surface area contributed by atoms with Crippen molar-refractivity contribution < 1.29 is 0 Å². The molecule has 2 aromatic rings. The molecule has 5 nitrogen and oxygen atoms in total. The van der Waals surface area contributed by atoms with Crippen LogP contribution < -0.4 is 10.6 Å². The minimum absolute atomic E-state index is 0. The number of nitrogens with one attached hydrogen (secondary N) is 2. The molecule has 3 rings (SSSR count). The SMILES string of the molecule is CCNC(=NCC1(c2ccccc2)CC1)NCCCc1cnn(C)c1.I. The van der Waals surface area contributed by atoms with Gasteiger partial charge in [-0.1, -0.05) is 30.3 Å². The Kier molecular flexibility index (Phi) is 7.93. The predicted molar refractivity (Wildman–Crippen MR) is 118 cm³/mol. The van der Waals surface area contributed by atoms with E-state index in [1.165, 1.54) is 24.0 Å². The average Bonchev–Trinajstić information content (AvgIpc) is 3.32. The standard InChI is InChI=1S/C20H29N5.HI/c1-3-21-19(22-13-7-8-17-14-24-25(2)15-17)23-16-20(11-12-20)18-9-5-4-6-10-18;/h4-6,9-10,14-15H,3,7-8,11-13,16H2,1-2H3,(H2,21,22,23);1H. The lowest BCUT2D eigenvalue weighted by atomic mass is 9.96. The van der Waals surface area contributed by atoms with Crippen LogP contribution in [0.15, 0.2) is 47.7 Å². The third-order valence-electron chi connectivity index (χ3n) is 4.82. The van der Waals surface area contributed by atoms with Gasteiger partial charge in [0.05, 0.1) is 12.7 Å². The van der Waals surface area contributed by atoms with E-state index < -0.39 is 0 Å². The number of halogens is 1. The van der Waals surface area contributed by atoms with Crippen molar-refractivity contribution in [2.24, 2.45) is 12.0 Å². The highest BCUT2D eigenvalue weighted by molar-refractivity contribution is 14.0. The number of hydrogen-bond donors (Lipinski definition) is 2. The topological polar surface area (TPSA) is 54.2 Å². The molecule has 6 heteroatoms. The van der Waals surface area contributed by atoms with Crippen molar-refractivity contribution in [1.82, 2.24) is 20.4 Å². The maximum atomic E-state index is 4.85.